The number of hydrogen-bond acceptors (Lipinski definition) is 4. The molecule has 0 aliphatic carbocycles. The molecule has 0 amide bonds. The van der Waals surface area contributed by atoms with Crippen LogP contribution in [0.1, 0.15) is 12.5 Å². The zero-order chi connectivity index (χ0) is 17.4. The zero-order valence-corrected chi connectivity index (χ0v) is 14.9. The molecule has 0 saturated carbocycles. The van der Waals surface area contributed by atoms with E-state index in [9.17, 15) is 13.0 Å². The van der Waals surface area contributed by atoms with E-state index in [1.54, 1.807) is 12.1 Å². The van der Waals surface area contributed by atoms with Crippen molar-refractivity contribution in [1.82, 2.24) is 0 Å². The van der Waals surface area contributed by atoms with Gasteiger partial charge in [0, 0.05) is 0 Å². The maximum Gasteiger partial charge on any atom is 0.124 e. The first-order valence-corrected chi connectivity index (χ1v) is 8.38. The molecule has 0 spiro atoms. The van der Waals surface area contributed by atoms with Crippen LogP contribution in [0.4, 0.5) is 0 Å². The van der Waals surface area contributed by atoms with E-state index < -0.39 is 10.1 Å². The number of rotatable bonds is 6. The molecule has 6 heteroatoms. The number of aryl methyl sites for hydroxylation is 1. The Hall–Kier alpha value is -1.21. The fourth-order valence-corrected chi connectivity index (χ4v) is 1.76. The van der Waals surface area contributed by atoms with Crippen molar-refractivity contribution in [2.45, 2.75) is 18.7 Å². The van der Waals surface area contributed by atoms with Crippen LogP contribution >= 0.6 is 0 Å². The van der Waals surface area contributed by atoms with E-state index in [2.05, 4.69) is 27.7 Å². The number of likely N-dealkylation sites (N-methyl/N-ethyl adjacent to an activating group) is 1. The van der Waals surface area contributed by atoms with Crippen LogP contribution in [-0.2, 0) is 14.9 Å². The second-order valence-corrected chi connectivity index (χ2v) is 7.67. The van der Waals surface area contributed by atoms with Crippen molar-refractivity contribution >= 4 is 10.1 Å². The van der Waals surface area contributed by atoms with Gasteiger partial charge < -0.3 is 13.8 Å². The van der Waals surface area contributed by atoms with Crippen LogP contribution in [0.5, 0.6) is 0 Å². The third kappa shape index (κ3) is 11.4. The summed E-state index contributed by atoms with van der Waals surface area (Å²) in [6, 6.07) is 5.78. The van der Waals surface area contributed by atoms with Crippen LogP contribution in [0.2, 0.25) is 0 Å². The van der Waals surface area contributed by atoms with Crippen LogP contribution in [0.25, 0.3) is 0 Å². The second-order valence-electron chi connectivity index (χ2n) is 6.29. The van der Waals surface area contributed by atoms with Crippen molar-refractivity contribution in [1.29, 1.82) is 0 Å². The van der Waals surface area contributed by atoms with E-state index in [-0.39, 0.29) is 4.90 Å². The Bertz CT molecular complexity index is 557. The normalized spacial score (nSPS) is 11.5. The minimum Gasteiger partial charge on any atom is -0.744 e. The molecular weight excluding hydrogens is 302 g/mol. The summed E-state index contributed by atoms with van der Waals surface area (Å²) in [5.74, 6) is 0. The van der Waals surface area contributed by atoms with E-state index >= 15 is 0 Å². The van der Waals surface area contributed by atoms with Gasteiger partial charge in [0.05, 0.1) is 39.3 Å². The van der Waals surface area contributed by atoms with Gasteiger partial charge in [-0.1, -0.05) is 29.8 Å². The van der Waals surface area contributed by atoms with E-state index in [0.29, 0.717) is 6.61 Å². The van der Waals surface area contributed by atoms with Crippen LogP contribution in [0, 0.1) is 6.92 Å². The molecular formula is C16H27NO4S. The molecule has 0 fully saturated rings. The van der Waals surface area contributed by atoms with E-state index in [1.165, 1.54) is 12.1 Å². The lowest BCUT2D eigenvalue weighted by Gasteiger charge is -2.23. The zero-order valence-electron chi connectivity index (χ0n) is 14.1. The average Bonchev–Trinajstić information content (AvgIpc) is 2.33. The Morgan fingerprint density at radius 1 is 1.23 bits per heavy atom. The van der Waals surface area contributed by atoms with Gasteiger partial charge in [-0.25, -0.2) is 8.42 Å². The minimum atomic E-state index is -4.27. The van der Waals surface area contributed by atoms with Crippen molar-refractivity contribution in [2.24, 2.45) is 0 Å². The predicted octanol–water partition coefficient (Wildman–Crippen LogP) is 2.18. The molecule has 126 valence electrons. The van der Waals surface area contributed by atoms with Gasteiger partial charge in [-0.3, -0.25) is 0 Å². The van der Waals surface area contributed by atoms with Crippen LogP contribution in [0.3, 0.4) is 0 Å². The molecule has 0 aliphatic rings. The molecule has 0 aliphatic heterocycles. The number of hydrogen-bond donors (Lipinski definition) is 0. The van der Waals surface area contributed by atoms with Gasteiger partial charge in [-0.15, -0.1) is 0 Å². The van der Waals surface area contributed by atoms with Gasteiger partial charge in [-0.05, 0) is 26.0 Å². The van der Waals surface area contributed by atoms with Gasteiger partial charge >= 0.3 is 0 Å². The standard InChI is InChI=1S/C9H20NO.C7H8O3S/c1-9(2)8-11-7-6-10(3,4)5;1-6-2-4-7(5-3-6)11(8,9)10/h1,6-8H2,2-5H3;2-5H,1H3,(H,8,9,10)/q+1;/p-1. The van der Waals surface area contributed by atoms with Gasteiger partial charge in [0.1, 0.15) is 16.7 Å². The molecule has 0 saturated heterocycles. The first-order chi connectivity index (χ1) is 9.92. The quantitative estimate of drug-likeness (QED) is 0.347. The summed E-state index contributed by atoms with van der Waals surface area (Å²) in [5.41, 5.74) is 2.02. The van der Waals surface area contributed by atoms with E-state index in [1.807, 2.05) is 13.8 Å². The summed E-state index contributed by atoms with van der Waals surface area (Å²) in [7, 11) is 2.20. The van der Waals surface area contributed by atoms with Gasteiger partial charge in [-0.2, -0.15) is 0 Å². The Balaban J connectivity index is 0.000000401. The summed E-state index contributed by atoms with van der Waals surface area (Å²) >= 11 is 0. The lowest BCUT2D eigenvalue weighted by atomic mass is 10.2. The summed E-state index contributed by atoms with van der Waals surface area (Å²) in [6.07, 6.45) is 0. The summed E-state index contributed by atoms with van der Waals surface area (Å²) in [6.45, 7) is 10.1. The first-order valence-electron chi connectivity index (χ1n) is 6.97. The SMILES string of the molecule is C=C(C)COCC[N+](C)(C)C.Cc1ccc(S(=O)(=O)[O-])cc1. The van der Waals surface area contributed by atoms with Gasteiger partial charge in [0.2, 0.25) is 0 Å². The predicted molar refractivity (Wildman–Crippen MR) is 87.7 cm³/mol. The molecule has 1 rings (SSSR count). The third-order valence-electron chi connectivity index (χ3n) is 2.56. The lowest BCUT2D eigenvalue weighted by molar-refractivity contribution is -0.870. The molecule has 1 aromatic rings. The fraction of sp³-hybridized carbons (Fsp3) is 0.500. The van der Waals surface area contributed by atoms with Crippen LogP contribution < -0.4 is 0 Å². The van der Waals surface area contributed by atoms with Crippen LogP contribution in [0.15, 0.2) is 41.3 Å². The molecule has 0 aromatic heterocycles. The van der Waals surface area contributed by atoms with Crippen LogP contribution in [-0.4, -0.2) is 58.4 Å². The molecule has 0 unspecified atom stereocenters. The number of ether oxygens (including phenoxy) is 1. The van der Waals surface area contributed by atoms with Gasteiger partial charge in [0.15, 0.2) is 0 Å². The summed E-state index contributed by atoms with van der Waals surface area (Å²) in [4.78, 5) is -0.178. The Kier molecular flexibility index (Phi) is 8.55. The third-order valence-corrected chi connectivity index (χ3v) is 3.41. The molecule has 0 radical (unpaired) electrons. The first kappa shape index (κ1) is 20.8. The minimum absolute atomic E-state index is 0.178. The average molecular weight is 329 g/mol. The van der Waals surface area contributed by atoms with Crippen molar-refractivity contribution in [3.63, 3.8) is 0 Å². The Labute approximate surface area is 134 Å². The van der Waals surface area contributed by atoms with E-state index in [4.69, 9.17) is 4.74 Å². The topological polar surface area (TPSA) is 66.4 Å². The van der Waals surface area contributed by atoms with E-state index in [0.717, 1.165) is 28.8 Å². The monoisotopic (exact) mass is 329 g/mol. The summed E-state index contributed by atoms with van der Waals surface area (Å²) < 4.78 is 37.5. The highest BCUT2D eigenvalue weighted by Gasteiger charge is 2.05. The van der Waals surface area contributed by atoms with Crippen molar-refractivity contribution in [2.75, 3.05) is 40.9 Å². The van der Waals surface area contributed by atoms with Crippen molar-refractivity contribution in [3.05, 3.63) is 42.0 Å². The summed E-state index contributed by atoms with van der Waals surface area (Å²) in [5, 5.41) is 0. The lowest BCUT2D eigenvalue weighted by Crippen LogP contribution is -2.37. The van der Waals surface area contributed by atoms with Crippen molar-refractivity contribution < 1.29 is 22.2 Å². The van der Waals surface area contributed by atoms with Crippen molar-refractivity contribution in [3.8, 4) is 0 Å². The molecule has 0 N–H and O–H groups in total. The Morgan fingerprint density at radius 3 is 2.09 bits per heavy atom. The molecule has 1 aromatic carbocycles. The highest BCUT2D eigenvalue weighted by molar-refractivity contribution is 7.85. The molecule has 5 nitrogen and oxygen atoms in total. The molecule has 0 heterocycles. The maximum atomic E-state index is 10.4. The molecule has 22 heavy (non-hydrogen) atoms. The molecule has 0 atom stereocenters. The highest BCUT2D eigenvalue weighted by Crippen LogP contribution is 2.08. The molecule has 0 bridgehead atoms. The fourth-order valence-electron chi connectivity index (χ4n) is 1.29. The van der Waals surface area contributed by atoms with Gasteiger partial charge in [0.25, 0.3) is 0 Å². The smallest absolute Gasteiger partial charge is 0.124 e. The second kappa shape index (κ2) is 9.05. The maximum absolute atomic E-state index is 10.4. The number of nitrogens with zero attached hydrogens (tertiary/aromatic N) is 1. The largest absolute Gasteiger partial charge is 0.744 e. The number of benzene rings is 1. The highest BCUT2D eigenvalue weighted by atomic mass is 32.2. The Morgan fingerprint density at radius 2 is 1.73 bits per heavy atom. The number of quaternary nitrogens is 1.